The molecule has 0 atom stereocenters. The third kappa shape index (κ3) is 2.15. The molecule has 0 radical (unpaired) electrons. The second kappa shape index (κ2) is 4.13. The van der Waals surface area contributed by atoms with Gasteiger partial charge in [-0.1, -0.05) is 6.07 Å². The molecule has 1 heterocycles. The van der Waals surface area contributed by atoms with Crippen molar-refractivity contribution in [3.8, 4) is 0 Å². The van der Waals surface area contributed by atoms with Crippen molar-refractivity contribution in [3.05, 3.63) is 53.9 Å². The minimum absolute atomic E-state index is 0.171. The summed E-state index contributed by atoms with van der Waals surface area (Å²) in [6, 6.07) is 7.77. The minimum atomic E-state index is -0.843. The van der Waals surface area contributed by atoms with E-state index in [4.69, 9.17) is 0 Å². The fraction of sp³-hybridized carbons (Fsp3) is 0.0909. The number of benzene rings is 1. The van der Waals surface area contributed by atoms with Crippen LogP contribution in [-0.4, -0.2) is 4.98 Å². The van der Waals surface area contributed by atoms with Gasteiger partial charge in [0.25, 0.3) is 0 Å². The Balaban J connectivity index is 2.08. The third-order valence-electron chi connectivity index (χ3n) is 2.08. The first-order chi connectivity index (χ1) is 7.27. The second-order valence-corrected chi connectivity index (χ2v) is 3.15. The molecule has 2 rings (SSSR count). The zero-order valence-corrected chi connectivity index (χ0v) is 7.93. The number of rotatable bonds is 3. The molecule has 0 aliphatic rings. The van der Waals surface area contributed by atoms with Crippen LogP contribution in [0.2, 0.25) is 0 Å². The van der Waals surface area contributed by atoms with Gasteiger partial charge in [0.15, 0.2) is 11.6 Å². The molecule has 78 valence electrons. The largest absolute Gasteiger partial charge is 0.377 e. The lowest BCUT2D eigenvalue weighted by atomic mass is 10.3. The Kier molecular flexibility index (Phi) is 2.67. The van der Waals surface area contributed by atoms with E-state index in [-0.39, 0.29) is 5.69 Å². The first kappa shape index (κ1) is 9.71. The Morgan fingerprint density at radius 1 is 1.13 bits per heavy atom. The topological polar surface area (TPSA) is 27.8 Å². The van der Waals surface area contributed by atoms with E-state index in [2.05, 4.69) is 10.3 Å². The molecule has 0 spiro atoms. The number of aromatic amines is 1. The van der Waals surface area contributed by atoms with E-state index in [1.54, 1.807) is 6.20 Å². The Bertz CT molecular complexity index is 438. The van der Waals surface area contributed by atoms with Gasteiger partial charge in [0, 0.05) is 11.9 Å². The second-order valence-electron chi connectivity index (χ2n) is 3.15. The van der Waals surface area contributed by atoms with E-state index in [0.717, 1.165) is 11.8 Å². The van der Waals surface area contributed by atoms with Crippen molar-refractivity contribution in [1.82, 2.24) is 4.98 Å². The van der Waals surface area contributed by atoms with Crippen LogP contribution < -0.4 is 5.32 Å². The maximum absolute atomic E-state index is 13.2. The number of hydrogen-bond acceptors (Lipinski definition) is 1. The van der Waals surface area contributed by atoms with Crippen LogP contribution >= 0.6 is 0 Å². The molecular weight excluding hydrogens is 198 g/mol. The number of anilines is 1. The molecular formula is C11H10F2N2. The van der Waals surface area contributed by atoms with Crippen LogP contribution in [0.3, 0.4) is 0 Å². The Morgan fingerprint density at radius 2 is 2.00 bits per heavy atom. The van der Waals surface area contributed by atoms with E-state index in [9.17, 15) is 8.78 Å². The van der Waals surface area contributed by atoms with Gasteiger partial charge in [0.05, 0.1) is 12.2 Å². The van der Waals surface area contributed by atoms with E-state index in [1.807, 2.05) is 12.1 Å². The van der Waals surface area contributed by atoms with Gasteiger partial charge in [0.2, 0.25) is 0 Å². The number of halogens is 2. The molecule has 2 N–H and O–H groups in total. The molecule has 15 heavy (non-hydrogen) atoms. The van der Waals surface area contributed by atoms with Gasteiger partial charge in [0.1, 0.15) is 0 Å². The van der Waals surface area contributed by atoms with Crippen LogP contribution in [0.5, 0.6) is 0 Å². The molecule has 0 aliphatic carbocycles. The molecule has 0 aliphatic heterocycles. The lowest BCUT2D eigenvalue weighted by Crippen LogP contribution is -2.02. The molecule has 2 nitrogen and oxygen atoms in total. The van der Waals surface area contributed by atoms with E-state index < -0.39 is 11.6 Å². The van der Waals surface area contributed by atoms with Crippen molar-refractivity contribution in [3.63, 3.8) is 0 Å². The highest BCUT2D eigenvalue weighted by Gasteiger charge is 2.06. The average Bonchev–Trinajstić information content (AvgIpc) is 2.73. The summed E-state index contributed by atoms with van der Waals surface area (Å²) in [5, 5.41) is 2.81. The maximum Gasteiger partial charge on any atom is 0.181 e. The SMILES string of the molecule is Fc1cccc(NCc2ccc[nH]2)c1F. The molecule has 0 saturated carbocycles. The molecule has 2 aromatic rings. The Morgan fingerprint density at radius 3 is 2.73 bits per heavy atom. The van der Waals surface area contributed by atoms with Gasteiger partial charge in [-0.15, -0.1) is 0 Å². The van der Waals surface area contributed by atoms with Crippen molar-refractivity contribution in [2.45, 2.75) is 6.54 Å². The molecule has 0 unspecified atom stereocenters. The summed E-state index contributed by atoms with van der Waals surface area (Å²) in [6.45, 7) is 0.438. The molecule has 0 amide bonds. The molecule has 1 aromatic heterocycles. The predicted octanol–water partition coefficient (Wildman–Crippen LogP) is 2.91. The van der Waals surface area contributed by atoms with Gasteiger partial charge in [-0.05, 0) is 24.3 Å². The number of aromatic nitrogens is 1. The summed E-state index contributed by atoms with van der Waals surface area (Å²) < 4.78 is 26.0. The average molecular weight is 208 g/mol. The van der Waals surface area contributed by atoms with Crippen LogP contribution in [0, 0.1) is 11.6 Å². The number of hydrogen-bond donors (Lipinski definition) is 2. The van der Waals surface area contributed by atoms with Crippen LogP contribution in [0.4, 0.5) is 14.5 Å². The van der Waals surface area contributed by atoms with Crippen LogP contribution in [0.25, 0.3) is 0 Å². The zero-order chi connectivity index (χ0) is 10.7. The van der Waals surface area contributed by atoms with Gasteiger partial charge in [-0.3, -0.25) is 0 Å². The quantitative estimate of drug-likeness (QED) is 0.797. The summed E-state index contributed by atoms with van der Waals surface area (Å²) in [4.78, 5) is 2.96. The molecule has 4 heteroatoms. The highest BCUT2D eigenvalue weighted by atomic mass is 19.2. The normalized spacial score (nSPS) is 10.3. The monoisotopic (exact) mass is 208 g/mol. The van der Waals surface area contributed by atoms with Gasteiger partial charge < -0.3 is 10.3 Å². The van der Waals surface area contributed by atoms with E-state index >= 15 is 0 Å². The summed E-state index contributed by atoms with van der Waals surface area (Å²) in [6.07, 6.45) is 1.78. The van der Waals surface area contributed by atoms with E-state index in [1.165, 1.54) is 12.1 Å². The lowest BCUT2D eigenvalue weighted by molar-refractivity contribution is 0.511. The fourth-order valence-electron chi connectivity index (χ4n) is 1.31. The van der Waals surface area contributed by atoms with Crippen LogP contribution in [0.1, 0.15) is 5.69 Å². The summed E-state index contributed by atoms with van der Waals surface area (Å²) >= 11 is 0. The molecule has 0 fully saturated rings. The summed E-state index contributed by atoms with van der Waals surface area (Å²) in [7, 11) is 0. The van der Waals surface area contributed by atoms with Gasteiger partial charge in [-0.2, -0.15) is 0 Å². The van der Waals surface area contributed by atoms with Crippen molar-refractivity contribution < 1.29 is 8.78 Å². The van der Waals surface area contributed by atoms with Crippen molar-refractivity contribution in [1.29, 1.82) is 0 Å². The fourth-order valence-corrected chi connectivity index (χ4v) is 1.31. The summed E-state index contributed by atoms with van der Waals surface area (Å²) in [5.41, 5.74) is 1.09. The molecule has 0 saturated heterocycles. The van der Waals surface area contributed by atoms with Gasteiger partial charge >= 0.3 is 0 Å². The minimum Gasteiger partial charge on any atom is -0.377 e. The van der Waals surface area contributed by atoms with Crippen molar-refractivity contribution in [2.24, 2.45) is 0 Å². The highest BCUT2D eigenvalue weighted by molar-refractivity contribution is 5.45. The van der Waals surface area contributed by atoms with Crippen LogP contribution in [-0.2, 0) is 6.54 Å². The van der Waals surface area contributed by atoms with Crippen molar-refractivity contribution in [2.75, 3.05) is 5.32 Å². The third-order valence-corrected chi connectivity index (χ3v) is 2.08. The van der Waals surface area contributed by atoms with Crippen LogP contribution in [0.15, 0.2) is 36.5 Å². The first-order valence-electron chi connectivity index (χ1n) is 4.57. The first-order valence-corrected chi connectivity index (χ1v) is 4.57. The Labute approximate surface area is 85.9 Å². The maximum atomic E-state index is 13.2. The number of nitrogens with one attached hydrogen (secondary N) is 2. The molecule has 1 aromatic carbocycles. The predicted molar refractivity (Wildman–Crippen MR) is 54.5 cm³/mol. The lowest BCUT2D eigenvalue weighted by Gasteiger charge is -2.06. The Hall–Kier alpha value is -1.84. The standard InChI is InChI=1S/C11H10F2N2/c12-9-4-1-5-10(11(9)13)15-7-8-3-2-6-14-8/h1-6,14-15H,7H2. The zero-order valence-electron chi connectivity index (χ0n) is 7.93. The summed E-state index contributed by atoms with van der Waals surface area (Å²) in [5.74, 6) is -1.68. The van der Waals surface area contributed by atoms with Gasteiger partial charge in [-0.25, -0.2) is 8.78 Å². The number of H-pyrrole nitrogens is 1. The van der Waals surface area contributed by atoms with E-state index in [0.29, 0.717) is 6.54 Å². The van der Waals surface area contributed by atoms with Crippen molar-refractivity contribution >= 4 is 5.69 Å². The highest BCUT2D eigenvalue weighted by Crippen LogP contribution is 2.16. The smallest absolute Gasteiger partial charge is 0.181 e. The molecule has 0 bridgehead atoms.